The van der Waals surface area contributed by atoms with Crippen molar-refractivity contribution >= 4 is 5.91 Å². The summed E-state index contributed by atoms with van der Waals surface area (Å²) >= 11 is 0. The lowest BCUT2D eigenvalue weighted by molar-refractivity contribution is -0.132. The van der Waals surface area contributed by atoms with Gasteiger partial charge in [0.15, 0.2) is 0 Å². The maximum atomic E-state index is 12.9. The lowest BCUT2D eigenvalue weighted by Crippen LogP contribution is -2.35. The van der Waals surface area contributed by atoms with Gasteiger partial charge in [-0.05, 0) is 43.4 Å². The fourth-order valence-electron chi connectivity index (χ4n) is 2.22. The van der Waals surface area contributed by atoms with Gasteiger partial charge in [0.1, 0.15) is 5.82 Å². The van der Waals surface area contributed by atoms with E-state index < -0.39 is 0 Å². The lowest BCUT2D eigenvalue weighted by Gasteiger charge is -2.26. The molecule has 0 aliphatic heterocycles. The number of rotatable bonds is 5. The molecule has 2 N–H and O–H groups in total. The predicted molar refractivity (Wildman–Crippen MR) is 72.9 cm³/mol. The molecule has 0 aromatic heterocycles. The van der Waals surface area contributed by atoms with E-state index in [-0.39, 0.29) is 23.8 Å². The van der Waals surface area contributed by atoms with Crippen LogP contribution in [0.1, 0.15) is 37.8 Å². The smallest absolute Gasteiger partial charge is 0.224 e. The third kappa shape index (κ3) is 3.53. The van der Waals surface area contributed by atoms with Gasteiger partial charge >= 0.3 is 0 Å². The summed E-state index contributed by atoms with van der Waals surface area (Å²) in [5.74, 6) is 0.315. The Labute approximate surface area is 113 Å². The monoisotopic (exact) mass is 264 g/mol. The Morgan fingerprint density at radius 2 is 2.00 bits per heavy atom. The van der Waals surface area contributed by atoms with Crippen LogP contribution < -0.4 is 5.73 Å². The molecule has 0 bridgehead atoms. The van der Waals surface area contributed by atoms with Gasteiger partial charge in [0.25, 0.3) is 0 Å². The van der Waals surface area contributed by atoms with Crippen molar-refractivity contribution in [1.29, 1.82) is 0 Å². The SMILES string of the molecule is CC(c1ccc(F)cc1)N(C)C(=O)CC(N)C1CC1. The highest BCUT2D eigenvalue weighted by Crippen LogP contribution is 2.33. The van der Waals surface area contributed by atoms with Crippen LogP contribution in [0.15, 0.2) is 24.3 Å². The van der Waals surface area contributed by atoms with Crippen LogP contribution in [0.3, 0.4) is 0 Å². The largest absolute Gasteiger partial charge is 0.339 e. The fraction of sp³-hybridized carbons (Fsp3) is 0.533. The fourth-order valence-corrected chi connectivity index (χ4v) is 2.22. The van der Waals surface area contributed by atoms with Crippen LogP contribution in [0.5, 0.6) is 0 Å². The molecular weight excluding hydrogens is 243 g/mol. The number of nitrogens with two attached hydrogens (primary N) is 1. The van der Waals surface area contributed by atoms with Gasteiger partial charge in [0.2, 0.25) is 5.91 Å². The molecule has 0 heterocycles. The first-order chi connectivity index (χ1) is 8.99. The quantitative estimate of drug-likeness (QED) is 0.888. The number of carbonyl (C=O) groups excluding carboxylic acids is 1. The van der Waals surface area contributed by atoms with Crippen LogP contribution in [-0.2, 0) is 4.79 Å². The van der Waals surface area contributed by atoms with Crippen molar-refractivity contribution in [3.8, 4) is 0 Å². The van der Waals surface area contributed by atoms with Crippen LogP contribution in [0.25, 0.3) is 0 Å². The molecular formula is C15H21FN2O. The van der Waals surface area contributed by atoms with Gasteiger partial charge in [-0.1, -0.05) is 12.1 Å². The molecule has 1 aromatic carbocycles. The van der Waals surface area contributed by atoms with Crippen molar-refractivity contribution in [2.75, 3.05) is 7.05 Å². The van der Waals surface area contributed by atoms with E-state index in [0.29, 0.717) is 12.3 Å². The normalized spacial score (nSPS) is 17.9. The number of halogens is 1. The van der Waals surface area contributed by atoms with Gasteiger partial charge < -0.3 is 10.6 Å². The van der Waals surface area contributed by atoms with Crippen LogP contribution in [0, 0.1) is 11.7 Å². The molecule has 3 nitrogen and oxygen atoms in total. The summed E-state index contributed by atoms with van der Waals surface area (Å²) in [6.07, 6.45) is 2.68. The number of nitrogens with zero attached hydrogens (tertiary/aromatic N) is 1. The Hall–Kier alpha value is -1.42. The molecule has 2 unspecified atom stereocenters. The van der Waals surface area contributed by atoms with Crippen molar-refractivity contribution in [2.45, 2.75) is 38.3 Å². The molecule has 1 aliphatic rings. The maximum Gasteiger partial charge on any atom is 0.224 e. The van der Waals surface area contributed by atoms with Gasteiger partial charge in [0.05, 0.1) is 6.04 Å². The van der Waals surface area contributed by atoms with Crippen molar-refractivity contribution in [2.24, 2.45) is 11.7 Å². The van der Waals surface area contributed by atoms with Crippen molar-refractivity contribution < 1.29 is 9.18 Å². The minimum absolute atomic E-state index is 0.0182. The molecule has 0 radical (unpaired) electrons. The van der Waals surface area contributed by atoms with E-state index in [9.17, 15) is 9.18 Å². The zero-order valence-corrected chi connectivity index (χ0v) is 11.5. The summed E-state index contributed by atoms with van der Waals surface area (Å²) < 4.78 is 12.9. The highest BCUT2D eigenvalue weighted by Gasteiger charge is 2.31. The Balaban J connectivity index is 1.95. The molecule has 1 aromatic rings. The number of benzene rings is 1. The minimum atomic E-state index is -0.263. The third-order valence-electron chi connectivity index (χ3n) is 3.96. The molecule has 2 rings (SSSR count). The summed E-state index contributed by atoms with van der Waals surface area (Å²) in [4.78, 5) is 13.8. The number of hydrogen-bond donors (Lipinski definition) is 1. The highest BCUT2D eigenvalue weighted by molar-refractivity contribution is 5.77. The van der Waals surface area contributed by atoms with E-state index in [2.05, 4.69) is 0 Å². The molecule has 2 atom stereocenters. The Morgan fingerprint density at radius 1 is 1.42 bits per heavy atom. The second-order valence-electron chi connectivity index (χ2n) is 5.44. The van der Waals surface area contributed by atoms with Crippen molar-refractivity contribution in [1.82, 2.24) is 4.90 Å². The average molecular weight is 264 g/mol. The number of carbonyl (C=O) groups is 1. The van der Waals surface area contributed by atoms with Gasteiger partial charge in [-0.25, -0.2) is 4.39 Å². The van der Waals surface area contributed by atoms with Crippen LogP contribution in [0.4, 0.5) is 4.39 Å². The summed E-state index contributed by atoms with van der Waals surface area (Å²) in [6, 6.07) is 6.17. The summed E-state index contributed by atoms with van der Waals surface area (Å²) in [5.41, 5.74) is 6.91. The van der Waals surface area contributed by atoms with E-state index in [1.54, 1.807) is 24.1 Å². The molecule has 19 heavy (non-hydrogen) atoms. The molecule has 4 heteroatoms. The first-order valence-electron chi connectivity index (χ1n) is 6.75. The van der Waals surface area contributed by atoms with Gasteiger partial charge in [-0.2, -0.15) is 0 Å². The molecule has 0 spiro atoms. The molecule has 1 saturated carbocycles. The third-order valence-corrected chi connectivity index (χ3v) is 3.96. The van der Waals surface area contributed by atoms with Gasteiger partial charge in [-0.15, -0.1) is 0 Å². The predicted octanol–water partition coefficient (Wildman–Crippen LogP) is 2.47. The second kappa shape index (κ2) is 5.70. The van der Waals surface area contributed by atoms with Crippen LogP contribution >= 0.6 is 0 Å². The number of amides is 1. The van der Waals surface area contributed by atoms with Gasteiger partial charge in [0, 0.05) is 19.5 Å². The maximum absolute atomic E-state index is 12.9. The highest BCUT2D eigenvalue weighted by atomic mass is 19.1. The average Bonchev–Trinajstić information content (AvgIpc) is 3.22. The summed E-state index contributed by atoms with van der Waals surface area (Å²) in [7, 11) is 1.77. The molecule has 1 aliphatic carbocycles. The molecule has 104 valence electrons. The lowest BCUT2D eigenvalue weighted by atomic mass is 10.1. The number of hydrogen-bond acceptors (Lipinski definition) is 2. The van der Waals surface area contributed by atoms with Crippen LogP contribution in [-0.4, -0.2) is 23.9 Å². The van der Waals surface area contributed by atoms with Crippen molar-refractivity contribution in [3.63, 3.8) is 0 Å². The Bertz CT molecular complexity index is 442. The minimum Gasteiger partial charge on any atom is -0.339 e. The van der Waals surface area contributed by atoms with E-state index in [4.69, 9.17) is 5.73 Å². The van der Waals surface area contributed by atoms with E-state index in [0.717, 1.165) is 18.4 Å². The second-order valence-corrected chi connectivity index (χ2v) is 5.44. The Morgan fingerprint density at radius 3 is 2.53 bits per heavy atom. The van der Waals surface area contributed by atoms with Crippen LogP contribution in [0.2, 0.25) is 0 Å². The van der Waals surface area contributed by atoms with E-state index in [1.165, 1.54) is 12.1 Å². The van der Waals surface area contributed by atoms with Gasteiger partial charge in [-0.3, -0.25) is 4.79 Å². The van der Waals surface area contributed by atoms with E-state index >= 15 is 0 Å². The van der Waals surface area contributed by atoms with Crippen molar-refractivity contribution in [3.05, 3.63) is 35.6 Å². The Kier molecular flexibility index (Phi) is 4.20. The molecule has 1 fully saturated rings. The standard InChI is InChI=1S/C15H21FN2O/c1-10(11-5-7-13(16)8-6-11)18(2)15(19)9-14(17)12-3-4-12/h5-8,10,12,14H,3-4,9,17H2,1-2H3. The first kappa shape index (κ1) is 14.0. The molecule has 1 amide bonds. The van der Waals surface area contributed by atoms with E-state index in [1.807, 2.05) is 6.92 Å². The molecule has 0 saturated heterocycles. The zero-order valence-electron chi connectivity index (χ0n) is 11.5. The first-order valence-corrected chi connectivity index (χ1v) is 6.75. The summed E-state index contributed by atoms with van der Waals surface area (Å²) in [5, 5.41) is 0. The zero-order chi connectivity index (χ0) is 14.0. The summed E-state index contributed by atoms with van der Waals surface area (Å²) in [6.45, 7) is 1.94. The topological polar surface area (TPSA) is 46.3 Å².